The van der Waals surface area contributed by atoms with E-state index in [1.54, 1.807) is 0 Å². The fraction of sp³-hybridized carbons (Fsp3) is 0.541. The second-order valence-corrected chi connectivity index (χ2v) is 14.0. The number of fused-ring (bicyclic) bond motifs is 3. The van der Waals surface area contributed by atoms with Gasteiger partial charge in [-0.1, -0.05) is 59.9 Å². The van der Waals surface area contributed by atoms with Crippen molar-refractivity contribution in [3.63, 3.8) is 0 Å². The summed E-state index contributed by atoms with van der Waals surface area (Å²) in [5.74, 6) is 0.591. The quantitative estimate of drug-likeness (QED) is 0.369. The van der Waals surface area contributed by atoms with Crippen molar-refractivity contribution in [1.29, 1.82) is 5.26 Å². The summed E-state index contributed by atoms with van der Waals surface area (Å²) < 4.78 is 0. The fourth-order valence-corrected chi connectivity index (χ4v) is 9.23. The molecule has 0 saturated heterocycles. The number of likely N-dealkylation sites (N-methyl/N-ethyl adjacent to an activating group) is 1. The van der Waals surface area contributed by atoms with Gasteiger partial charge in [0.25, 0.3) is 0 Å². The normalized spacial score (nSPS) is 30.0. The molecule has 0 fully saturated rings. The van der Waals surface area contributed by atoms with Crippen molar-refractivity contribution in [2.45, 2.75) is 73.8 Å². The maximum absolute atomic E-state index is 11.2. The van der Waals surface area contributed by atoms with Crippen molar-refractivity contribution >= 4 is 16.9 Å². The standard InChI is InChI=1S/C37H52N4/c1-15-22(3)19-39-30-17-31(40(11)12)29-18-35(9)20-36(10)34(41(13)14)23(4)28(16-2)26(7)37(36,21-38)27(8)33(35)25(6)32(29)24(30)5/h16-17,22,34,39H,2,6-7,15,18-20H2,1,3-5,8-14H3/t22?,34-,35+,36+,37+/m1/s1. The summed E-state index contributed by atoms with van der Waals surface area (Å²) in [7, 11) is 8.58. The average molecular weight is 553 g/mol. The zero-order valence-corrected chi connectivity index (χ0v) is 27.6. The molecule has 0 bridgehead atoms. The lowest BCUT2D eigenvalue weighted by molar-refractivity contribution is 0.0101. The van der Waals surface area contributed by atoms with E-state index in [1.165, 1.54) is 39.2 Å². The van der Waals surface area contributed by atoms with E-state index in [4.69, 9.17) is 6.58 Å². The Balaban J connectivity index is 2.05. The highest BCUT2D eigenvalue weighted by atomic mass is 15.1. The molecule has 41 heavy (non-hydrogen) atoms. The van der Waals surface area contributed by atoms with E-state index >= 15 is 0 Å². The van der Waals surface area contributed by atoms with Crippen LogP contribution < -0.4 is 10.2 Å². The highest BCUT2D eigenvalue weighted by Crippen LogP contribution is 2.70. The largest absolute Gasteiger partial charge is 0.384 e. The molecule has 3 aliphatic rings. The summed E-state index contributed by atoms with van der Waals surface area (Å²) in [4.78, 5) is 4.55. The lowest BCUT2D eigenvalue weighted by Gasteiger charge is -2.63. The Kier molecular flexibility index (Phi) is 7.81. The van der Waals surface area contributed by atoms with Crippen molar-refractivity contribution in [2.75, 3.05) is 45.0 Å². The maximum Gasteiger partial charge on any atom is 0.111 e. The second kappa shape index (κ2) is 10.4. The van der Waals surface area contributed by atoms with Crippen molar-refractivity contribution in [1.82, 2.24) is 4.90 Å². The van der Waals surface area contributed by atoms with Crippen molar-refractivity contribution in [3.05, 3.63) is 76.4 Å². The van der Waals surface area contributed by atoms with E-state index in [0.717, 1.165) is 48.1 Å². The summed E-state index contributed by atoms with van der Waals surface area (Å²) >= 11 is 0. The van der Waals surface area contributed by atoms with E-state index in [1.807, 2.05) is 6.08 Å². The van der Waals surface area contributed by atoms with Crippen LogP contribution in [0.4, 0.5) is 11.4 Å². The number of rotatable bonds is 7. The molecule has 0 radical (unpaired) electrons. The number of hydrogen-bond donors (Lipinski definition) is 1. The van der Waals surface area contributed by atoms with Gasteiger partial charge in [-0.05, 0) is 115 Å². The molecule has 0 heterocycles. The Bertz CT molecular complexity index is 1430. The first-order valence-electron chi connectivity index (χ1n) is 15.2. The van der Waals surface area contributed by atoms with Gasteiger partial charge in [-0.3, -0.25) is 0 Å². The van der Waals surface area contributed by atoms with E-state index in [0.29, 0.717) is 5.92 Å². The number of nitrogens with one attached hydrogen (secondary N) is 1. The van der Waals surface area contributed by atoms with Gasteiger partial charge in [0.1, 0.15) is 5.41 Å². The first-order valence-corrected chi connectivity index (χ1v) is 15.2. The van der Waals surface area contributed by atoms with Gasteiger partial charge < -0.3 is 15.1 Å². The molecule has 1 aromatic carbocycles. The monoisotopic (exact) mass is 552 g/mol. The molecule has 5 atom stereocenters. The molecule has 0 spiro atoms. The second-order valence-electron chi connectivity index (χ2n) is 14.0. The van der Waals surface area contributed by atoms with Gasteiger partial charge in [0.05, 0.1) is 6.07 Å². The van der Waals surface area contributed by atoms with Crippen molar-refractivity contribution in [3.8, 4) is 6.07 Å². The SMILES string of the molecule is C=CC1=C(C)[C@@H](N(C)C)[C@]2(C)C[C@]3(C)Cc4c(N(C)C)cc(NCC(C)CC)c(C)c4C(=C)C3=C(C)[C@]2(C#N)C1=C. The van der Waals surface area contributed by atoms with Gasteiger partial charge >= 0.3 is 0 Å². The number of benzene rings is 1. The number of hydrogen-bond acceptors (Lipinski definition) is 4. The molecule has 1 aromatic rings. The zero-order valence-electron chi connectivity index (χ0n) is 27.6. The Morgan fingerprint density at radius 3 is 2.32 bits per heavy atom. The van der Waals surface area contributed by atoms with Gasteiger partial charge in [-0.2, -0.15) is 5.26 Å². The van der Waals surface area contributed by atoms with Gasteiger partial charge in [0, 0.05) is 43.5 Å². The number of anilines is 2. The molecule has 1 unspecified atom stereocenters. The summed E-state index contributed by atoms with van der Waals surface area (Å²) in [5.41, 5.74) is 11.5. The number of allylic oxidation sites excluding steroid dienone is 6. The lowest BCUT2D eigenvalue weighted by Crippen LogP contribution is -2.62. The summed E-state index contributed by atoms with van der Waals surface area (Å²) in [6.07, 6.45) is 4.82. The molecule has 220 valence electrons. The van der Waals surface area contributed by atoms with Gasteiger partial charge in [0.2, 0.25) is 0 Å². The van der Waals surface area contributed by atoms with Crippen molar-refractivity contribution < 1.29 is 0 Å². The van der Waals surface area contributed by atoms with Gasteiger partial charge in [0.15, 0.2) is 0 Å². The molecule has 0 amide bonds. The lowest BCUT2D eigenvalue weighted by atomic mass is 9.40. The minimum atomic E-state index is -0.856. The Hall–Kier alpha value is -3.03. The molecule has 0 aromatic heterocycles. The Labute approximate surface area is 250 Å². The van der Waals surface area contributed by atoms with Crippen LogP contribution in [-0.4, -0.2) is 45.7 Å². The summed E-state index contributed by atoms with van der Waals surface area (Å²) in [6.45, 7) is 30.5. The Morgan fingerprint density at radius 2 is 1.80 bits per heavy atom. The third kappa shape index (κ3) is 4.10. The first kappa shape index (κ1) is 30.9. The molecule has 1 N–H and O–H groups in total. The van der Waals surface area contributed by atoms with Gasteiger partial charge in [-0.15, -0.1) is 0 Å². The highest BCUT2D eigenvalue weighted by molar-refractivity contribution is 5.92. The summed E-state index contributed by atoms with van der Waals surface area (Å²) in [6, 6.07) is 5.31. The van der Waals surface area contributed by atoms with E-state index in [2.05, 4.69) is 117 Å². The molecule has 4 rings (SSSR count). The number of nitriles is 1. The third-order valence-electron chi connectivity index (χ3n) is 10.9. The van der Waals surface area contributed by atoms with Crippen LogP contribution in [-0.2, 0) is 6.42 Å². The first-order chi connectivity index (χ1) is 19.1. The van der Waals surface area contributed by atoms with Crippen LogP contribution in [0, 0.1) is 40.4 Å². The van der Waals surface area contributed by atoms with Crippen LogP contribution in [0.1, 0.15) is 71.1 Å². The maximum atomic E-state index is 11.2. The van der Waals surface area contributed by atoms with Crippen LogP contribution in [0.2, 0.25) is 0 Å². The molecular weight excluding hydrogens is 500 g/mol. The summed E-state index contributed by atoms with van der Waals surface area (Å²) in [5, 5.41) is 15.0. The molecule has 4 heteroatoms. The molecule has 3 aliphatic carbocycles. The average Bonchev–Trinajstić information content (AvgIpc) is 2.87. The Morgan fingerprint density at radius 1 is 1.17 bits per heavy atom. The van der Waals surface area contributed by atoms with Crippen LogP contribution in [0.3, 0.4) is 0 Å². The van der Waals surface area contributed by atoms with Crippen LogP contribution >= 0.6 is 0 Å². The smallest absolute Gasteiger partial charge is 0.111 e. The van der Waals surface area contributed by atoms with Crippen LogP contribution in [0.5, 0.6) is 0 Å². The predicted octanol–water partition coefficient (Wildman–Crippen LogP) is 8.33. The fourth-order valence-electron chi connectivity index (χ4n) is 9.23. The van der Waals surface area contributed by atoms with Crippen LogP contribution in [0.25, 0.3) is 5.57 Å². The van der Waals surface area contributed by atoms with E-state index < -0.39 is 5.41 Å². The molecular formula is C37H52N4. The third-order valence-corrected chi connectivity index (χ3v) is 10.9. The van der Waals surface area contributed by atoms with Crippen molar-refractivity contribution in [2.24, 2.45) is 22.2 Å². The number of nitrogens with zero attached hydrogens (tertiary/aromatic N) is 3. The zero-order chi connectivity index (χ0) is 30.8. The minimum Gasteiger partial charge on any atom is -0.384 e. The van der Waals surface area contributed by atoms with Gasteiger partial charge in [-0.25, -0.2) is 0 Å². The molecule has 0 saturated carbocycles. The van der Waals surface area contributed by atoms with E-state index in [9.17, 15) is 5.26 Å². The molecule has 0 aliphatic heterocycles. The molecule has 4 nitrogen and oxygen atoms in total. The highest BCUT2D eigenvalue weighted by Gasteiger charge is 2.66. The van der Waals surface area contributed by atoms with Crippen LogP contribution in [0.15, 0.2) is 59.7 Å². The van der Waals surface area contributed by atoms with E-state index in [-0.39, 0.29) is 16.9 Å². The topological polar surface area (TPSA) is 42.3 Å². The minimum absolute atomic E-state index is 0.0748. The predicted molar refractivity (Wildman–Crippen MR) is 177 cm³/mol.